The molecule has 0 N–H and O–H groups in total. The van der Waals surface area contributed by atoms with Crippen LogP contribution >= 0.6 is 0 Å². The van der Waals surface area contributed by atoms with Gasteiger partial charge in [-0.3, -0.25) is 0 Å². The fourth-order valence-corrected chi connectivity index (χ4v) is 5.95. The highest BCUT2D eigenvalue weighted by molar-refractivity contribution is 5.64. The quantitative estimate of drug-likeness (QED) is 0.429. The zero-order valence-corrected chi connectivity index (χ0v) is 18.0. The molecule has 0 atom stereocenters. The zero-order valence-electron chi connectivity index (χ0n) is 18.0. The molecule has 0 amide bonds. The molecule has 30 heavy (non-hydrogen) atoms. The predicted octanol–water partition coefficient (Wildman–Crippen LogP) is 8.65. The molecule has 0 radical (unpaired) electrons. The number of benzene rings is 2. The summed E-state index contributed by atoms with van der Waals surface area (Å²) in [5.41, 5.74) is 2.40. The normalized spacial score (nSPS) is 27.2. The molecule has 2 saturated carbocycles. The van der Waals surface area contributed by atoms with Crippen molar-refractivity contribution < 1.29 is 13.2 Å². The van der Waals surface area contributed by atoms with Crippen LogP contribution in [0.25, 0.3) is 11.1 Å². The van der Waals surface area contributed by atoms with E-state index in [4.69, 9.17) is 0 Å². The third-order valence-electron chi connectivity index (χ3n) is 7.73. The molecule has 0 spiro atoms. The molecule has 0 aromatic heterocycles. The lowest BCUT2D eigenvalue weighted by atomic mass is 9.68. The molecule has 4 rings (SSSR count). The van der Waals surface area contributed by atoms with Crippen molar-refractivity contribution >= 4 is 0 Å². The van der Waals surface area contributed by atoms with Gasteiger partial charge in [-0.1, -0.05) is 56.9 Å². The first kappa shape index (κ1) is 21.5. The Morgan fingerprint density at radius 1 is 0.700 bits per heavy atom. The van der Waals surface area contributed by atoms with E-state index in [1.807, 2.05) is 12.1 Å². The van der Waals surface area contributed by atoms with E-state index in [0.29, 0.717) is 17.0 Å². The second-order valence-corrected chi connectivity index (χ2v) is 9.56. The van der Waals surface area contributed by atoms with Crippen molar-refractivity contribution in [3.05, 3.63) is 59.4 Å². The predicted molar refractivity (Wildman–Crippen MR) is 117 cm³/mol. The van der Waals surface area contributed by atoms with Crippen molar-refractivity contribution in [1.82, 2.24) is 0 Å². The maximum absolute atomic E-state index is 13.5. The fraction of sp³-hybridized carbons (Fsp3) is 0.556. The minimum atomic E-state index is -1.41. The first-order valence-corrected chi connectivity index (χ1v) is 11.8. The molecule has 3 heteroatoms. The summed E-state index contributed by atoms with van der Waals surface area (Å²) in [6.07, 6.45) is 13.6. The van der Waals surface area contributed by atoms with Crippen LogP contribution in [0.3, 0.4) is 0 Å². The Balaban J connectivity index is 1.33. The molecule has 0 saturated heterocycles. The van der Waals surface area contributed by atoms with Gasteiger partial charge < -0.3 is 0 Å². The molecular formula is C27H33F3. The zero-order chi connectivity index (χ0) is 21.1. The van der Waals surface area contributed by atoms with Crippen LogP contribution in [0.2, 0.25) is 0 Å². The first-order valence-electron chi connectivity index (χ1n) is 11.8. The molecule has 0 bridgehead atoms. The summed E-state index contributed by atoms with van der Waals surface area (Å²) in [7, 11) is 0. The van der Waals surface area contributed by atoms with Crippen LogP contribution in [0.1, 0.15) is 82.6 Å². The third kappa shape index (κ3) is 4.76. The Bertz CT molecular complexity index is 803. The van der Waals surface area contributed by atoms with E-state index >= 15 is 0 Å². The van der Waals surface area contributed by atoms with Gasteiger partial charge in [-0.25, -0.2) is 13.2 Å². The monoisotopic (exact) mass is 414 g/mol. The van der Waals surface area contributed by atoms with E-state index in [1.165, 1.54) is 69.8 Å². The van der Waals surface area contributed by atoms with Crippen molar-refractivity contribution in [3.63, 3.8) is 0 Å². The Labute approximate surface area is 178 Å². The summed E-state index contributed by atoms with van der Waals surface area (Å²) in [6, 6.07) is 10.1. The summed E-state index contributed by atoms with van der Waals surface area (Å²) in [6.45, 7) is 2.30. The molecule has 2 aromatic carbocycles. The lowest BCUT2D eigenvalue weighted by Gasteiger charge is -2.38. The Morgan fingerprint density at radius 3 is 1.77 bits per heavy atom. The van der Waals surface area contributed by atoms with Crippen LogP contribution in [0.15, 0.2) is 36.4 Å². The first-order chi connectivity index (χ1) is 14.5. The van der Waals surface area contributed by atoms with Gasteiger partial charge in [0.25, 0.3) is 0 Å². The molecule has 0 aliphatic heterocycles. The van der Waals surface area contributed by atoms with Crippen molar-refractivity contribution in [2.24, 2.45) is 17.8 Å². The van der Waals surface area contributed by atoms with Crippen LogP contribution in [0, 0.1) is 35.2 Å². The molecule has 2 fully saturated rings. The molecule has 0 nitrogen and oxygen atoms in total. The summed E-state index contributed by atoms with van der Waals surface area (Å²) >= 11 is 0. The standard InChI is InChI=1S/C27H33F3/c1-2-3-18-4-6-19(7-5-18)20-8-10-21(11-9-20)22-12-14-23(15-13-22)24-16-25(28)27(30)26(29)17-24/h12-21H,2-11H2,1H3/t18-,19-,20-,21-. The van der Waals surface area contributed by atoms with Crippen LogP contribution in [0.4, 0.5) is 13.2 Å². The third-order valence-corrected chi connectivity index (χ3v) is 7.73. The second-order valence-electron chi connectivity index (χ2n) is 9.56. The lowest BCUT2D eigenvalue weighted by molar-refractivity contribution is 0.156. The van der Waals surface area contributed by atoms with Crippen molar-refractivity contribution in [2.45, 2.75) is 77.0 Å². The van der Waals surface area contributed by atoms with Gasteiger partial charge in [0.05, 0.1) is 0 Å². The Kier molecular flexibility index (Phi) is 6.85. The summed E-state index contributed by atoms with van der Waals surface area (Å²) < 4.78 is 40.3. The molecule has 162 valence electrons. The summed E-state index contributed by atoms with van der Waals surface area (Å²) in [5.74, 6) is -0.311. The van der Waals surface area contributed by atoms with Gasteiger partial charge in [0.15, 0.2) is 17.5 Å². The topological polar surface area (TPSA) is 0 Å². The molecule has 2 aliphatic rings. The number of halogens is 3. The second kappa shape index (κ2) is 9.58. The van der Waals surface area contributed by atoms with Crippen LogP contribution < -0.4 is 0 Å². The van der Waals surface area contributed by atoms with Gasteiger partial charge in [-0.2, -0.15) is 0 Å². The minimum absolute atomic E-state index is 0.375. The highest BCUT2D eigenvalue weighted by Crippen LogP contribution is 2.44. The number of rotatable bonds is 5. The Hall–Kier alpha value is -1.77. The smallest absolute Gasteiger partial charge is 0.194 e. The van der Waals surface area contributed by atoms with E-state index in [-0.39, 0.29) is 0 Å². The van der Waals surface area contributed by atoms with Crippen molar-refractivity contribution in [1.29, 1.82) is 0 Å². The molecule has 0 heterocycles. The summed E-state index contributed by atoms with van der Waals surface area (Å²) in [5, 5.41) is 0. The molecule has 2 aliphatic carbocycles. The van der Waals surface area contributed by atoms with Gasteiger partial charge >= 0.3 is 0 Å². The molecule has 2 aromatic rings. The van der Waals surface area contributed by atoms with Crippen molar-refractivity contribution in [3.8, 4) is 11.1 Å². The lowest BCUT2D eigenvalue weighted by Crippen LogP contribution is -2.25. The maximum atomic E-state index is 13.5. The summed E-state index contributed by atoms with van der Waals surface area (Å²) in [4.78, 5) is 0. The van der Waals surface area contributed by atoms with Crippen LogP contribution in [-0.4, -0.2) is 0 Å². The average molecular weight is 415 g/mol. The van der Waals surface area contributed by atoms with E-state index in [1.54, 1.807) is 0 Å². The SMILES string of the molecule is CCC[C@H]1CC[C@H]([C@H]2CC[C@H](c3ccc(-c4cc(F)c(F)c(F)c4)cc3)CC2)CC1. The number of hydrogen-bond donors (Lipinski definition) is 0. The van der Waals surface area contributed by atoms with Crippen molar-refractivity contribution in [2.75, 3.05) is 0 Å². The van der Waals surface area contributed by atoms with Gasteiger partial charge in [-0.05, 0) is 91.0 Å². The minimum Gasteiger partial charge on any atom is -0.204 e. The average Bonchev–Trinajstić information content (AvgIpc) is 2.78. The van der Waals surface area contributed by atoms with Gasteiger partial charge in [-0.15, -0.1) is 0 Å². The van der Waals surface area contributed by atoms with E-state index in [9.17, 15) is 13.2 Å². The fourth-order valence-electron chi connectivity index (χ4n) is 5.95. The highest BCUT2D eigenvalue weighted by Gasteiger charge is 2.31. The van der Waals surface area contributed by atoms with Crippen LogP contribution in [0.5, 0.6) is 0 Å². The largest absolute Gasteiger partial charge is 0.204 e. The van der Waals surface area contributed by atoms with E-state index < -0.39 is 17.5 Å². The van der Waals surface area contributed by atoms with Crippen LogP contribution in [-0.2, 0) is 0 Å². The van der Waals surface area contributed by atoms with E-state index in [0.717, 1.165) is 29.9 Å². The van der Waals surface area contributed by atoms with Gasteiger partial charge in [0.1, 0.15) is 0 Å². The number of hydrogen-bond acceptors (Lipinski definition) is 0. The Morgan fingerprint density at radius 2 is 1.23 bits per heavy atom. The molecule has 0 unspecified atom stereocenters. The maximum Gasteiger partial charge on any atom is 0.194 e. The molecular weight excluding hydrogens is 381 g/mol. The van der Waals surface area contributed by atoms with E-state index in [2.05, 4.69) is 19.1 Å². The van der Waals surface area contributed by atoms with Gasteiger partial charge in [0.2, 0.25) is 0 Å². The van der Waals surface area contributed by atoms with Gasteiger partial charge in [0, 0.05) is 0 Å². The highest BCUT2D eigenvalue weighted by atomic mass is 19.2.